The van der Waals surface area contributed by atoms with Crippen molar-refractivity contribution in [3.63, 3.8) is 0 Å². The largest absolute Gasteiger partial charge is 0.338 e. The molecule has 3 nitrogen and oxygen atoms in total. The topological polar surface area (TPSA) is 34.9 Å². The average Bonchev–Trinajstić information content (AvgIpc) is 2.76. The van der Waals surface area contributed by atoms with Crippen LogP contribution in [0.25, 0.3) is 0 Å². The predicted molar refractivity (Wildman–Crippen MR) is 58.4 cm³/mol. The lowest BCUT2D eigenvalue weighted by Crippen LogP contribution is -2.16. The number of hydrogen-bond donors (Lipinski definition) is 0. The molecule has 0 spiro atoms. The van der Waals surface area contributed by atoms with Crippen LogP contribution in [-0.4, -0.2) is 15.3 Å². The maximum absolute atomic E-state index is 11.6. The van der Waals surface area contributed by atoms with Gasteiger partial charge in [0, 0.05) is 31.3 Å². The molecule has 1 aromatic rings. The van der Waals surface area contributed by atoms with Crippen LogP contribution in [0.1, 0.15) is 31.9 Å². The van der Waals surface area contributed by atoms with E-state index in [1.165, 1.54) is 5.69 Å². The number of nitrogens with zero attached hydrogens (tertiary/aromatic N) is 2. The fourth-order valence-electron chi connectivity index (χ4n) is 2.63. The molecule has 0 unspecified atom stereocenters. The normalized spacial score (nSPS) is 26.1. The third-order valence-electron chi connectivity index (χ3n) is 3.57. The van der Waals surface area contributed by atoms with Gasteiger partial charge in [-0.1, -0.05) is 6.92 Å². The molecule has 0 N–H and O–H groups in total. The van der Waals surface area contributed by atoms with Crippen molar-refractivity contribution in [2.45, 2.75) is 32.6 Å². The Morgan fingerprint density at radius 3 is 3.00 bits per heavy atom. The fraction of sp³-hybridized carbons (Fsp3) is 0.667. The molecule has 0 aliphatic heterocycles. The van der Waals surface area contributed by atoms with Crippen LogP contribution in [0.5, 0.6) is 0 Å². The van der Waals surface area contributed by atoms with Crippen LogP contribution in [0, 0.1) is 11.8 Å². The maximum atomic E-state index is 11.6. The first-order chi connectivity index (χ1) is 7.22. The molecule has 1 aliphatic rings. The zero-order chi connectivity index (χ0) is 10.8. The molecule has 0 radical (unpaired) electrons. The summed E-state index contributed by atoms with van der Waals surface area (Å²) >= 11 is 0. The van der Waals surface area contributed by atoms with E-state index in [0.29, 0.717) is 17.6 Å². The van der Waals surface area contributed by atoms with Gasteiger partial charge in [0.1, 0.15) is 5.78 Å². The van der Waals surface area contributed by atoms with Crippen LogP contribution < -0.4 is 0 Å². The standard InChI is InChI=1S/C12H18N2O/c1-3-11-9(4-5-12(11)15)6-10-7-13-8-14(10)2/h7-9,11H,3-6H2,1-2H3/t9-,11+/m1/s1. The van der Waals surface area contributed by atoms with Crippen molar-refractivity contribution >= 4 is 5.78 Å². The first-order valence-electron chi connectivity index (χ1n) is 5.70. The number of imidazole rings is 1. The molecule has 1 heterocycles. The summed E-state index contributed by atoms with van der Waals surface area (Å²) in [5.74, 6) is 1.29. The van der Waals surface area contributed by atoms with Gasteiger partial charge in [-0.05, 0) is 25.2 Å². The molecule has 82 valence electrons. The SMILES string of the molecule is CC[C@@H]1C(=O)CC[C@@H]1Cc1cncn1C. The van der Waals surface area contributed by atoms with E-state index in [0.717, 1.165) is 25.7 Å². The Balaban J connectivity index is 2.06. The highest BCUT2D eigenvalue weighted by Gasteiger charge is 2.33. The Kier molecular flexibility index (Phi) is 2.89. The second kappa shape index (κ2) is 4.17. The van der Waals surface area contributed by atoms with Crippen molar-refractivity contribution in [3.05, 3.63) is 18.2 Å². The number of Topliss-reactive ketones (excluding diaryl/α,β-unsaturated/α-hetero) is 1. The molecule has 3 heteroatoms. The summed E-state index contributed by atoms with van der Waals surface area (Å²) in [4.78, 5) is 15.7. The Morgan fingerprint density at radius 2 is 2.40 bits per heavy atom. The molecule has 1 fully saturated rings. The van der Waals surface area contributed by atoms with Gasteiger partial charge in [-0.25, -0.2) is 4.98 Å². The lowest BCUT2D eigenvalue weighted by atomic mass is 9.89. The number of aryl methyl sites for hydroxylation is 1. The van der Waals surface area contributed by atoms with Gasteiger partial charge in [-0.3, -0.25) is 4.79 Å². The summed E-state index contributed by atoms with van der Waals surface area (Å²) in [6.07, 6.45) is 7.56. The number of aromatic nitrogens is 2. The molecule has 1 aliphatic carbocycles. The van der Waals surface area contributed by atoms with Gasteiger partial charge in [-0.2, -0.15) is 0 Å². The van der Waals surface area contributed by atoms with E-state index >= 15 is 0 Å². The zero-order valence-corrected chi connectivity index (χ0v) is 9.44. The molecule has 0 bridgehead atoms. The minimum atomic E-state index is 0.292. The van der Waals surface area contributed by atoms with Crippen LogP contribution in [0.3, 0.4) is 0 Å². The van der Waals surface area contributed by atoms with Crippen LogP contribution >= 0.6 is 0 Å². The molecule has 1 saturated carbocycles. The van der Waals surface area contributed by atoms with E-state index in [1.807, 2.05) is 19.6 Å². The average molecular weight is 206 g/mol. The molecular weight excluding hydrogens is 188 g/mol. The van der Waals surface area contributed by atoms with E-state index in [4.69, 9.17) is 0 Å². The number of carbonyl (C=O) groups is 1. The predicted octanol–water partition coefficient (Wildman–Crippen LogP) is 1.97. The molecular formula is C12H18N2O. The molecule has 0 aromatic carbocycles. The Labute approximate surface area is 90.5 Å². The van der Waals surface area contributed by atoms with E-state index in [-0.39, 0.29) is 0 Å². The lowest BCUT2D eigenvalue weighted by molar-refractivity contribution is -0.121. The van der Waals surface area contributed by atoms with Crippen LogP contribution in [0.2, 0.25) is 0 Å². The summed E-state index contributed by atoms with van der Waals surface area (Å²) in [6.45, 7) is 2.12. The summed E-state index contributed by atoms with van der Waals surface area (Å²) in [7, 11) is 2.01. The summed E-state index contributed by atoms with van der Waals surface area (Å²) in [6, 6.07) is 0. The highest BCUT2D eigenvalue weighted by atomic mass is 16.1. The monoisotopic (exact) mass is 206 g/mol. The number of hydrogen-bond acceptors (Lipinski definition) is 2. The third-order valence-corrected chi connectivity index (χ3v) is 3.57. The lowest BCUT2D eigenvalue weighted by Gasteiger charge is -2.16. The van der Waals surface area contributed by atoms with Crippen LogP contribution in [0.15, 0.2) is 12.5 Å². The van der Waals surface area contributed by atoms with Crippen molar-refractivity contribution in [3.8, 4) is 0 Å². The molecule has 0 saturated heterocycles. The smallest absolute Gasteiger partial charge is 0.136 e. The maximum Gasteiger partial charge on any atom is 0.136 e. The van der Waals surface area contributed by atoms with Gasteiger partial charge in [0.25, 0.3) is 0 Å². The molecule has 2 atom stereocenters. The van der Waals surface area contributed by atoms with Crippen molar-refractivity contribution in [1.29, 1.82) is 0 Å². The summed E-state index contributed by atoms with van der Waals surface area (Å²) in [5, 5.41) is 0. The minimum Gasteiger partial charge on any atom is -0.338 e. The third kappa shape index (κ3) is 1.96. The summed E-state index contributed by atoms with van der Waals surface area (Å²) < 4.78 is 2.05. The van der Waals surface area contributed by atoms with Gasteiger partial charge in [0.05, 0.1) is 6.33 Å². The minimum absolute atomic E-state index is 0.292. The zero-order valence-electron chi connectivity index (χ0n) is 9.44. The van der Waals surface area contributed by atoms with Gasteiger partial charge in [-0.15, -0.1) is 0 Å². The van der Waals surface area contributed by atoms with Crippen LogP contribution in [0.4, 0.5) is 0 Å². The van der Waals surface area contributed by atoms with Crippen molar-refractivity contribution in [2.24, 2.45) is 18.9 Å². The van der Waals surface area contributed by atoms with Crippen molar-refractivity contribution in [2.75, 3.05) is 0 Å². The number of carbonyl (C=O) groups excluding carboxylic acids is 1. The molecule has 1 aromatic heterocycles. The van der Waals surface area contributed by atoms with Crippen molar-refractivity contribution < 1.29 is 4.79 Å². The van der Waals surface area contributed by atoms with E-state index < -0.39 is 0 Å². The van der Waals surface area contributed by atoms with E-state index in [9.17, 15) is 4.79 Å². The highest BCUT2D eigenvalue weighted by molar-refractivity contribution is 5.83. The second-order valence-electron chi connectivity index (χ2n) is 4.48. The summed E-state index contributed by atoms with van der Waals surface area (Å²) in [5.41, 5.74) is 1.24. The van der Waals surface area contributed by atoms with E-state index in [1.54, 1.807) is 0 Å². The first-order valence-corrected chi connectivity index (χ1v) is 5.70. The molecule has 0 amide bonds. The van der Waals surface area contributed by atoms with Gasteiger partial charge >= 0.3 is 0 Å². The second-order valence-corrected chi connectivity index (χ2v) is 4.48. The Bertz CT molecular complexity index is 356. The first kappa shape index (κ1) is 10.4. The fourth-order valence-corrected chi connectivity index (χ4v) is 2.63. The highest BCUT2D eigenvalue weighted by Crippen LogP contribution is 2.33. The number of ketones is 1. The van der Waals surface area contributed by atoms with Gasteiger partial charge in [0.2, 0.25) is 0 Å². The quantitative estimate of drug-likeness (QED) is 0.757. The number of rotatable bonds is 3. The molecule has 15 heavy (non-hydrogen) atoms. The van der Waals surface area contributed by atoms with Crippen LogP contribution in [-0.2, 0) is 18.3 Å². The van der Waals surface area contributed by atoms with Gasteiger partial charge < -0.3 is 4.57 Å². The molecule has 2 rings (SSSR count). The van der Waals surface area contributed by atoms with Crippen molar-refractivity contribution in [1.82, 2.24) is 9.55 Å². The Morgan fingerprint density at radius 1 is 1.60 bits per heavy atom. The Hall–Kier alpha value is -1.12. The van der Waals surface area contributed by atoms with E-state index in [2.05, 4.69) is 16.5 Å². The van der Waals surface area contributed by atoms with Gasteiger partial charge in [0.15, 0.2) is 0 Å².